The third-order valence-electron chi connectivity index (χ3n) is 5.26. The normalized spacial score (nSPS) is 18.3. The van der Waals surface area contributed by atoms with Crippen LogP contribution < -0.4 is 10.2 Å². The molecule has 0 aliphatic carbocycles. The minimum Gasteiger partial charge on any atom is -0.365 e. The molecule has 1 fully saturated rings. The number of carbonyl (C=O) groups excluding carboxylic acids is 1. The first kappa shape index (κ1) is 18.2. The standard InChI is InChI=1S/C20H23FN6O/c1-14-13-25(19-5-7-22-12-17(19)21)10-11-26(14)20(28)24-15(2)16-4-3-9-27-18(16)6-8-23-27/h3-9,12,14-15H,10-11,13H2,1-2H3,(H,24,28)/t14-,15-/m1/s1. The first-order valence-corrected chi connectivity index (χ1v) is 9.38. The van der Waals surface area contributed by atoms with Crippen LogP contribution >= 0.6 is 0 Å². The average molecular weight is 382 g/mol. The molecular formula is C20H23FN6O. The van der Waals surface area contributed by atoms with Gasteiger partial charge in [-0.2, -0.15) is 5.10 Å². The lowest BCUT2D eigenvalue weighted by Gasteiger charge is -2.41. The van der Waals surface area contributed by atoms with Crippen molar-refractivity contribution in [3.63, 3.8) is 0 Å². The number of pyridine rings is 2. The number of halogens is 1. The Morgan fingerprint density at radius 1 is 1.29 bits per heavy atom. The molecule has 0 spiro atoms. The maximum absolute atomic E-state index is 14.0. The Bertz CT molecular complexity index is 989. The second-order valence-corrected chi connectivity index (χ2v) is 7.11. The van der Waals surface area contributed by atoms with Gasteiger partial charge in [0.2, 0.25) is 0 Å². The number of rotatable bonds is 3. The summed E-state index contributed by atoms with van der Waals surface area (Å²) >= 11 is 0. The molecule has 0 radical (unpaired) electrons. The smallest absolute Gasteiger partial charge is 0.318 e. The highest BCUT2D eigenvalue weighted by Crippen LogP contribution is 2.23. The summed E-state index contributed by atoms with van der Waals surface area (Å²) < 4.78 is 15.8. The molecule has 0 bridgehead atoms. The Kier molecular flexibility index (Phi) is 4.85. The van der Waals surface area contributed by atoms with Crippen LogP contribution in [0.15, 0.2) is 49.1 Å². The van der Waals surface area contributed by atoms with Gasteiger partial charge in [-0.1, -0.05) is 6.07 Å². The number of urea groups is 1. The number of hydrogen-bond acceptors (Lipinski definition) is 4. The van der Waals surface area contributed by atoms with Gasteiger partial charge in [-0.05, 0) is 37.6 Å². The van der Waals surface area contributed by atoms with E-state index in [1.807, 2.05) is 48.0 Å². The molecule has 1 saturated heterocycles. The number of hydrogen-bond donors (Lipinski definition) is 1. The molecule has 2 atom stereocenters. The quantitative estimate of drug-likeness (QED) is 0.757. The molecule has 1 aliphatic rings. The fourth-order valence-corrected chi connectivity index (χ4v) is 3.79. The predicted octanol–water partition coefficient (Wildman–Crippen LogP) is 2.85. The Morgan fingerprint density at radius 3 is 2.93 bits per heavy atom. The fraction of sp³-hybridized carbons (Fsp3) is 0.350. The highest BCUT2D eigenvalue weighted by molar-refractivity contribution is 5.76. The van der Waals surface area contributed by atoms with Gasteiger partial charge in [0.15, 0.2) is 5.82 Å². The molecule has 7 nitrogen and oxygen atoms in total. The summed E-state index contributed by atoms with van der Waals surface area (Å²) in [4.78, 5) is 20.4. The molecule has 4 heterocycles. The summed E-state index contributed by atoms with van der Waals surface area (Å²) in [6.45, 7) is 5.62. The summed E-state index contributed by atoms with van der Waals surface area (Å²) in [7, 11) is 0. The zero-order valence-corrected chi connectivity index (χ0v) is 15.9. The van der Waals surface area contributed by atoms with Gasteiger partial charge in [-0.3, -0.25) is 4.98 Å². The van der Waals surface area contributed by atoms with Crippen molar-refractivity contribution in [1.29, 1.82) is 0 Å². The molecule has 3 aromatic heterocycles. The SMILES string of the molecule is C[C@@H]1CN(c2ccncc2F)CCN1C(=O)N[C@H](C)c1cccn2nccc12. The van der Waals surface area contributed by atoms with Gasteiger partial charge in [0, 0.05) is 44.3 Å². The van der Waals surface area contributed by atoms with E-state index < -0.39 is 0 Å². The zero-order valence-electron chi connectivity index (χ0n) is 15.9. The van der Waals surface area contributed by atoms with Crippen molar-refractivity contribution in [1.82, 2.24) is 24.8 Å². The first-order valence-electron chi connectivity index (χ1n) is 9.38. The van der Waals surface area contributed by atoms with Gasteiger partial charge in [0.1, 0.15) is 0 Å². The van der Waals surface area contributed by atoms with Crippen LogP contribution in [-0.2, 0) is 0 Å². The summed E-state index contributed by atoms with van der Waals surface area (Å²) in [6, 6.07) is 7.21. The number of piperazine rings is 1. The molecule has 3 aromatic rings. The maximum Gasteiger partial charge on any atom is 0.318 e. The van der Waals surface area contributed by atoms with E-state index in [4.69, 9.17) is 0 Å². The fourth-order valence-electron chi connectivity index (χ4n) is 3.79. The van der Waals surface area contributed by atoms with E-state index in [1.54, 1.807) is 23.0 Å². The second kappa shape index (κ2) is 7.46. The van der Waals surface area contributed by atoms with Crippen LogP contribution in [0.3, 0.4) is 0 Å². The molecule has 2 amide bonds. The van der Waals surface area contributed by atoms with Gasteiger partial charge < -0.3 is 15.1 Å². The lowest BCUT2D eigenvalue weighted by Crippen LogP contribution is -2.57. The number of carbonyl (C=O) groups is 1. The second-order valence-electron chi connectivity index (χ2n) is 7.11. The van der Waals surface area contributed by atoms with E-state index in [1.165, 1.54) is 6.20 Å². The zero-order chi connectivity index (χ0) is 19.7. The van der Waals surface area contributed by atoms with Crippen molar-refractivity contribution >= 4 is 17.2 Å². The molecule has 0 unspecified atom stereocenters. The molecule has 4 rings (SSSR count). The molecule has 0 aromatic carbocycles. The van der Waals surface area contributed by atoms with Crippen molar-refractivity contribution < 1.29 is 9.18 Å². The molecule has 1 N–H and O–H groups in total. The Balaban J connectivity index is 1.43. The molecule has 8 heteroatoms. The number of nitrogens with one attached hydrogen (secondary N) is 1. The Hall–Kier alpha value is -3.16. The molecule has 28 heavy (non-hydrogen) atoms. The van der Waals surface area contributed by atoms with Crippen molar-refractivity contribution in [2.75, 3.05) is 24.5 Å². The average Bonchev–Trinajstić information content (AvgIpc) is 3.17. The third kappa shape index (κ3) is 3.37. The van der Waals surface area contributed by atoms with Gasteiger partial charge in [0.25, 0.3) is 0 Å². The van der Waals surface area contributed by atoms with E-state index in [2.05, 4.69) is 15.4 Å². The first-order chi connectivity index (χ1) is 13.5. The largest absolute Gasteiger partial charge is 0.365 e. The van der Waals surface area contributed by atoms with E-state index in [0.717, 1.165) is 11.1 Å². The van der Waals surface area contributed by atoms with Crippen molar-refractivity contribution in [2.45, 2.75) is 25.9 Å². The number of fused-ring (bicyclic) bond motifs is 1. The topological polar surface area (TPSA) is 65.8 Å². The number of amides is 2. The van der Waals surface area contributed by atoms with Gasteiger partial charge in [-0.25, -0.2) is 13.7 Å². The number of nitrogens with zero attached hydrogens (tertiary/aromatic N) is 5. The van der Waals surface area contributed by atoms with Crippen LogP contribution in [0.5, 0.6) is 0 Å². The molecule has 1 aliphatic heterocycles. The van der Waals surface area contributed by atoms with Crippen LogP contribution in [-0.4, -0.2) is 51.2 Å². The van der Waals surface area contributed by atoms with Crippen LogP contribution in [0.25, 0.3) is 5.52 Å². The lowest BCUT2D eigenvalue weighted by atomic mass is 10.1. The minimum absolute atomic E-state index is 0.0423. The van der Waals surface area contributed by atoms with Crippen molar-refractivity contribution in [3.8, 4) is 0 Å². The van der Waals surface area contributed by atoms with E-state index in [0.29, 0.717) is 25.3 Å². The summed E-state index contributed by atoms with van der Waals surface area (Å²) in [6.07, 6.45) is 6.43. The molecule has 0 saturated carbocycles. The van der Waals surface area contributed by atoms with Crippen molar-refractivity contribution in [3.05, 3.63) is 60.4 Å². The summed E-state index contributed by atoms with van der Waals surface area (Å²) in [5.74, 6) is -0.338. The van der Waals surface area contributed by atoms with Crippen LogP contribution in [0.2, 0.25) is 0 Å². The van der Waals surface area contributed by atoms with Crippen LogP contribution in [0.1, 0.15) is 25.5 Å². The third-order valence-corrected chi connectivity index (χ3v) is 5.26. The highest BCUT2D eigenvalue weighted by Gasteiger charge is 2.29. The number of aromatic nitrogens is 3. The van der Waals surface area contributed by atoms with E-state index in [-0.39, 0.29) is 23.9 Å². The Morgan fingerprint density at radius 2 is 2.14 bits per heavy atom. The monoisotopic (exact) mass is 382 g/mol. The van der Waals surface area contributed by atoms with E-state index >= 15 is 0 Å². The lowest BCUT2D eigenvalue weighted by molar-refractivity contribution is 0.168. The highest BCUT2D eigenvalue weighted by atomic mass is 19.1. The van der Waals surface area contributed by atoms with Crippen molar-refractivity contribution in [2.24, 2.45) is 0 Å². The molecule has 146 valence electrons. The van der Waals surface area contributed by atoms with Gasteiger partial charge >= 0.3 is 6.03 Å². The Labute approximate surface area is 162 Å². The number of anilines is 1. The van der Waals surface area contributed by atoms with Crippen LogP contribution in [0.4, 0.5) is 14.9 Å². The van der Waals surface area contributed by atoms with E-state index in [9.17, 15) is 9.18 Å². The predicted molar refractivity (Wildman–Crippen MR) is 105 cm³/mol. The van der Waals surface area contributed by atoms with Crippen LogP contribution in [0, 0.1) is 5.82 Å². The minimum atomic E-state index is -0.338. The maximum atomic E-state index is 14.0. The summed E-state index contributed by atoms with van der Waals surface area (Å²) in [5.41, 5.74) is 2.52. The van der Waals surface area contributed by atoms with Gasteiger partial charge in [-0.15, -0.1) is 0 Å². The summed E-state index contributed by atoms with van der Waals surface area (Å²) in [5, 5.41) is 7.33. The van der Waals surface area contributed by atoms with Gasteiger partial charge in [0.05, 0.1) is 23.4 Å². The molecular weight excluding hydrogens is 359 g/mol.